The molecule has 10 heteroatoms. The maximum atomic E-state index is 6.89. The summed E-state index contributed by atoms with van der Waals surface area (Å²) in [4.78, 5) is 21.3. The third-order valence-electron chi connectivity index (χ3n) is 7.92. The van der Waals surface area contributed by atoms with Gasteiger partial charge in [-0.2, -0.15) is 0 Å². The molecule has 2 aliphatic rings. The largest absolute Gasteiger partial charge is 0.492 e. The van der Waals surface area contributed by atoms with Crippen LogP contribution in [0.4, 0.5) is 5.82 Å². The molecule has 0 amide bonds. The van der Waals surface area contributed by atoms with Crippen LogP contribution in [0.25, 0.3) is 22.6 Å². The number of aryl methyl sites for hydroxylation is 1. The summed E-state index contributed by atoms with van der Waals surface area (Å²) in [6.45, 7) is 9.17. The van der Waals surface area contributed by atoms with E-state index in [-0.39, 0.29) is 0 Å². The van der Waals surface area contributed by atoms with Gasteiger partial charge in [-0.3, -0.25) is 9.88 Å². The number of nitrogens with zero attached hydrogens (tertiary/aromatic N) is 6. The number of nitrogens with one attached hydrogen (secondary N) is 2. The molecule has 1 aromatic carbocycles. The Morgan fingerprint density at radius 1 is 1.07 bits per heavy atom. The Kier molecular flexibility index (Phi) is 8.41. The Bertz CT molecular complexity index is 1450. The van der Waals surface area contributed by atoms with Gasteiger partial charge in [-0.1, -0.05) is 24.4 Å². The molecule has 2 N–H and O–H groups in total. The van der Waals surface area contributed by atoms with Crippen molar-refractivity contribution in [1.29, 1.82) is 0 Å². The first-order chi connectivity index (χ1) is 19.6. The number of fused-ring (bicyclic) bond motifs is 1. The topological polar surface area (TPSA) is 93.0 Å². The second kappa shape index (κ2) is 12.5. The zero-order valence-corrected chi connectivity index (χ0v) is 23.8. The average molecular weight is 561 g/mol. The zero-order valence-electron chi connectivity index (χ0n) is 23.1. The summed E-state index contributed by atoms with van der Waals surface area (Å²) in [5, 5.41) is 7.53. The molecular formula is C30H37ClN8O. The molecule has 0 unspecified atom stereocenters. The lowest BCUT2D eigenvalue weighted by Crippen LogP contribution is -2.44. The smallest absolute Gasteiger partial charge is 0.166 e. The highest BCUT2D eigenvalue weighted by Gasteiger charge is 2.21. The van der Waals surface area contributed by atoms with Crippen LogP contribution >= 0.6 is 11.6 Å². The van der Waals surface area contributed by atoms with Crippen molar-refractivity contribution in [2.24, 2.45) is 5.92 Å². The van der Waals surface area contributed by atoms with Gasteiger partial charge in [-0.05, 0) is 61.6 Å². The number of ether oxygens (including phenoxy) is 1. The Morgan fingerprint density at radius 2 is 1.93 bits per heavy atom. The number of aromatic nitrogens is 5. The van der Waals surface area contributed by atoms with E-state index in [1.165, 1.54) is 25.7 Å². The van der Waals surface area contributed by atoms with E-state index >= 15 is 0 Å². The molecule has 1 saturated carbocycles. The highest BCUT2D eigenvalue weighted by Crippen LogP contribution is 2.34. The van der Waals surface area contributed by atoms with Gasteiger partial charge >= 0.3 is 0 Å². The molecule has 9 nitrogen and oxygen atoms in total. The van der Waals surface area contributed by atoms with Crippen LogP contribution in [0.1, 0.15) is 36.9 Å². The van der Waals surface area contributed by atoms with Crippen LogP contribution in [0, 0.1) is 12.8 Å². The van der Waals surface area contributed by atoms with Gasteiger partial charge in [0.2, 0.25) is 0 Å². The molecule has 0 bridgehead atoms. The highest BCUT2D eigenvalue weighted by atomic mass is 35.5. The fourth-order valence-electron chi connectivity index (χ4n) is 5.72. The van der Waals surface area contributed by atoms with Crippen molar-refractivity contribution < 1.29 is 4.74 Å². The number of hydrogen-bond acceptors (Lipinski definition) is 8. The number of piperazine rings is 1. The Balaban J connectivity index is 1.29. The van der Waals surface area contributed by atoms with Crippen LogP contribution in [0.2, 0.25) is 5.02 Å². The van der Waals surface area contributed by atoms with Crippen LogP contribution in [0.3, 0.4) is 0 Å². The SMILES string of the molecule is Cc1ccnc(Cn2c(-c3ccc(OCCN4CCNCC4)cc3Cl)nc3c(NCC4CCCC4)ncnc32)c1. The van der Waals surface area contributed by atoms with Gasteiger partial charge < -0.3 is 19.9 Å². The lowest BCUT2D eigenvalue weighted by molar-refractivity contribution is 0.191. The zero-order chi connectivity index (χ0) is 27.3. The first-order valence-corrected chi connectivity index (χ1v) is 14.7. The minimum absolute atomic E-state index is 0.520. The van der Waals surface area contributed by atoms with E-state index in [4.69, 9.17) is 21.3 Å². The molecule has 1 saturated heterocycles. The maximum Gasteiger partial charge on any atom is 0.166 e. The number of anilines is 1. The van der Waals surface area contributed by atoms with E-state index in [0.717, 1.165) is 84.6 Å². The van der Waals surface area contributed by atoms with Crippen LogP contribution < -0.4 is 15.4 Å². The van der Waals surface area contributed by atoms with Crippen LogP contribution in [-0.4, -0.2) is 75.3 Å². The van der Waals surface area contributed by atoms with E-state index in [1.807, 2.05) is 30.5 Å². The third-order valence-corrected chi connectivity index (χ3v) is 8.24. The second-order valence-corrected chi connectivity index (χ2v) is 11.3. The molecule has 3 aromatic heterocycles. The lowest BCUT2D eigenvalue weighted by atomic mass is 10.1. The predicted octanol–water partition coefficient (Wildman–Crippen LogP) is 4.78. The molecule has 0 radical (unpaired) electrons. The summed E-state index contributed by atoms with van der Waals surface area (Å²) in [5.74, 6) is 2.93. The summed E-state index contributed by atoms with van der Waals surface area (Å²) in [7, 11) is 0. The van der Waals surface area contributed by atoms with Crippen LogP contribution in [0.5, 0.6) is 5.75 Å². The van der Waals surface area contributed by atoms with Gasteiger partial charge in [0.25, 0.3) is 0 Å². The number of pyridine rings is 1. The number of hydrogen-bond donors (Lipinski definition) is 2. The maximum absolute atomic E-state index is 6.89. The van der Waals surface area contributed by atoms with E-state index in [1.54, 1.807) is 6.33 Å². The van der Waals surface area contributed by atoms with Crippen molar-refractivity contribution in [2.45, 2.75) is 39.2 Å². The summed E-state index contributed by atoms with van der Waals surface area (Å²) in [5.41, 5.74) is 4.42. The van der Waals surface area contributed by atoms with Crippen molar-refractivity contribution in [3.05, 3.63) is 59.1 Å². The van der Waals surface area contributed by atoms with Crippen molar-refractivity contribution in [1.82, 2.24) is 34.7 Å². The van der Waals surface area contributed by atoms with Gasteiger partial charge in [-0.25, -0.2) is 15.0 Å². The number of benzene rings is 1. The van der Waals surface area contributed by atoms with Gasteiger partial charge in [0.1, 0.15) is 24.5 Å². The molecule has 4 heterocycles. The third kappa shape index (κ3) is 6.22. The molecule has 1 aliphatic carbocycles. The molecule has 210 valence electrons. The fraction of sp³-hybridized carbons (Fsp3) is 0.467. The molecule has 0 spiro atoms. The van der Waals surface area contributed by atoms with Crippen molar-refractivity contribution in [3.8, 4) is 17.1 Å². The first kappa shape index (κ1) is 26.9. The summed E-state index contributed by atoms with van der Waals surface area (Å²) < 4.78 is 8.15. The summed E-state index contributed by atoms with van der Waals surface area (Å²) in [6, 6.07) is 9.93. The monoisotopic (exact) mass is 560 g/mol. The highest BCUT2D eigenvalue weighted by molar-refractivity contribution is 6.33. The van der Waals surface area contributed by atoms with E-state index in [2.05, 4.69) is 48.0 Å². The quantitative estimate of drug-likeness (QED) is 0.286. The standard InChI is InChI=1S/C30H37ClN8O/c1-21-8-9-33-23(16-21)19-39-29(37-27-28(35-20-36-30(27)39)34-18-22-4-2-3-5-22)25-7-6-24(17-26(25)31)40-15-14-38-12-10-32-11-13-38/h6-9,16-17,20,22,32H,2-5,10-15,18-19H2,1H3,(H,34,35,36). The summed E-state index contributed by atoms with van der Waals surface area (Å²) in [6.07, 6.45) is 8.59. The fourth-order valence-corrected chi connectivity index (χ4v) is 5.97. The second-order valence-electron chi connectivity index (χ2n) is 10.9. The molecule has 2 fully saturated rings. The minimum atomic E-state index is 0.520. The first-order valence-electron chi connectivity index (χ1n) is 14.4. The van der Waals surface area contributed by atoms with E-state index < -0.39 is 0 Å². The Hall–Kier alpha value is -3.27. The van der Waals surface area contributed by atoms with Crippen molar-refractivity contribution >= 4 is 28.6 Å². The Labute approximate surface area is 240 Å². The van der Waals surface area contributed by atoms with Gasteiger partial charge in [-0.15, -0.1) is 0 Å². The normalized spacial score (nSPS) is 16.6. The molecule has 40 heavy (non-hydrogen) atoms. The van der Waals surface area contributed by atoms with Gasteiger partial charge in [0, 0.05) is 51.0 Å². The number of rotatable bonds is 10. The van der Waals surface area contributed by atoms with Crippen molar-refractivity contribution in [3.63, 3.8) is 0 Å². The number of imidazole rings is 1. The molecular weight excluding hydrogens is 524 g/mol. The summed E-state index contributed by atoms with van der Waals surface area (Å²) >= 11 is 6.89. The van der Waals surface area contributed by atoms with E-state index in [0.29, 0.717) is 24.1 Å². The molecule has 1 aliphatic heterocycles. The predicted molar refractivity (Wildman–Crippen MR) is 159 cm³/mol. The molecule has 6 rings (SSSR count). The van der Waals surface area contributed by atoms with Gasteiger partial charge in [0.15, 0.2) is 17.0 Å². The van der Waals surface area contributed by atoms with Crippen molar-refractivity contribution in [2.75, 3.05) is 51.2 Å². The molecule has 4 aromatic rings. The Morgan fingerprint density at radius 3 is 2.73 bits per heavy atom. The van der Waals surface area contributed by atoms with Crippen LogP contribution in [-0.2, 0) is 6.54 Å². The average Bonchev–Trinajstić information content (AvgIpc) is 3.61. The lowest BCUT2D eigenvalue weighted by Gasteiger charge is -2.26. The minimum Gasteiger partial charge on any atom is -0.492 e. The van der Waals surface area contributed by atoms with Crippen LogP contribution in [0.15, 0.2) is 42.9 Å². The van der Waals surface area contributed by atoms with E-state index in [9.17, 15) is 0 Å². The number of halogens is 1. The van der Waals surface area contributed by atoms with Gasteiger partial charge in [0.05, 0.1) is 17.3 Å². The molecule has 0 atom stereocenters.